The van der Waals surface area contributed by atoms with Crippen molar-refractivity contribution in [1.82, 2.24) is 4.90 Å². The molecule has 1 rings (SSSR count). The van der Waals surface area contributed by atoms with Crippen LogP contribution < -0.4 is 5.73 Å². The number of urea groups is 1. The van der Waals surface area contributed by atoms with Crippen LogP contribution in [0.1, 0.15) is 0 Å². The summed E-state index contributed by atoms with van der Waals surface area (Å²) in [6, 6.07) is -0.932. The summed E-state index contributed by atoms with van der Waals surface area (Å²) in [4.78, 5) is 22.1. The summed E-state index contributed by atoms with van der Waals surface area (Å²) < 4.78 is -1.63. The lowest BCUT2D eigenvalue weighted by atomic mass is 10.2. The molecule has 0 atom stereocenters. The number of nitrogens with zero attached hydrogens (tertiary/aromatic N) is 1. The first kappa shape index (κ1) is 10.9. The van der Waals surface area contributed by atoms with E-state index in [1.165, 1.54) is 6.08 Å². The molecule has 0 aromatic carbocycles. The van der Waals surface area contributed by atoms with E-state index < -0.39 is 16.5 Å². The molecule has 14 heavy (non-hydrogen) atoms. The molecule has 76 valence electrons. The maximum Gasteiger partial charge on any atom is 0.337 e. The zero-order chi connectivity index (χ0) is 10.9. The van der Waals surface area contributed by atoms with Gasteiger partial charge in [-0.15, -0.1) is 0 Å². The van der Waals surface area contributed by atoms with Crippen molar-refractivity contribution in [2.24, 2.45) is 5.73 Å². The summed E-state index contributed by atoms with van der Waals surface area (Å²) in [7, 11) is 0. The predicted molar refractivity (Wildman–Crippen MR) is 50.7 cm³/mol. The van der Waals surface area contributed by atoms with Crippen molar-refractivity contribution in [2.75, 3.05) is 0 Å². The number of rotatable bonds is 1. The first-order valence-corrected chi connectivity index (χ1v) is 4.21. The molecule has 3 N–H and O–H groups in total. The number of hydrogen-bond donors (Lipinski definition) is 2. The molecule has 0 spiro atoms. The van der Waals surface area contributed by atoms with Crippen LogP contribution in [0.4, 0.5) is 4.79 Å². The molecule has 0 fully saturated rings. The Morgan fingerprint density at radius 3 is 2.50 bits per heavy atom. The lowest BCUT2D eigenvalue weighted by molar-refractivity contribution is -0.132. The highest BCUT2D eigenvalue weighted by Crippen LogP contribution is 2.32. The fraction of sp³-hybridized carbons (Fsp3) is 0.143. The summed E-state index contributed by atoms with van der Waals surface area (Å²) in [5.74, 6) is -1.20. The average Bonchev–Trinajstić information content (AvgIpc) is 2.02. The SMILES string of the molecule is NC(=O)N1C=C(C(=O)O)C=CC1(Cl)Cl. The third kappa shape index (κ3) is 2.00. The first-order valence-electron chi connectivity index (χ1n) is 3.45. The van der Waals surface area contributed by atoms with Gasteiger partial charge in [0, 0.05) is 6.20 Å². The van der Waals surface area contributed by atoms with Crippen LogP contribution in [0.3, 0.4) is 0 Å². The topological polar surface area (TPSA) is 83.6 Å². The highest BCUT2D eigenvalue weighted by molar-refractivity contribution is 6.50. The molecule has 0 unspecified atom stereocenters. The van der Waals surface area contributed by atoms with Gasteiger partial charge >= 0.3 is 12.0 Å². The van der Waals surface area contributed by atoms with Crippen molar-refractivity contribution >= 4 is 35.2 Å². The van der Waals surface area contributed by atoms with Crippen molar-refractivity contribution in [3.8, 4) is 0 Å². The molecule has 0 aromatic heterocycles. The van der Waals surface area contributed by atoms with E-state index in [9.17, 15) is 9.59 Å². The number of carbonyl (C=O) groups excluding carboxylic acids is 1. The Morgan fingerprint density at radius 2 is 2.07 bits per heavy atom. The predicted octanol–water partition coefficient (Wildman–Crippen LogP) is 1.04. The van der Waals surface area contributed by atoms with E-state index in [1.807, 2.05) is 0 Å². The number of hydrogen-bond acceptors (Lipinski definition) is 2. The molecule has 2 amide bonds. The molecule has 1 aliphatic rings. The van der Waals surface area contributed by atoms with Gasteiger partial charge in [0.05, 0.1) is 5.57 Å². The molecule has 0 aromatic rings. The second-order valence-electron chi connectivity index (χ2n) is 2.52. The quantitative estimate of drug-likeness (QED) is 0.527. The molecular formula is C7H6Cl2N2O3. The highest BCUT2D eigenvalue weighted by Gasteiger charge is 2.34. The first-order chi connectivity index (χ1) is 6.34. The maximum atomic E-state index is 10.8. The van der Waals surface area contributed by atoms with Crippen LogP contribution in [0.5, 0.6) is 0 Å². The Bertz CT molecular complexity index is 349. The summed E-state index contributed by atoms with van der Waals surface area (Å²) in [5, 5.41) is 8.62. The largest absolute Gasteiger partial charge is 0.478 e. The van der Waals surface area contributed by atoms with Crippen molar-refractivity contribution in [2.45, 2.75) is 4.46 Å². The van der Waals surface area contributed by atoms with E-state index >= 15 is 0 Å². The molecule has 7 heteroatoms. The summed E-state index contributed by atoms with van der Waals surface area (Å²) in [5.41, 5.74) is 4.83. The summed E-state index contributed by atoms with van der Waals surface area (Å²) in [6.07, 6.45) is 3.33. The van der Waals surface area contributed by atoms with Gasteiger partial charge in [0.15, 0.2) is 0 Å². The van der Waals surface area contributed by atoms with Crippen LogP contribution in [0.2, 0.25) is 0 Å². The minimum atomic E-state index is -1.63. The number of primary amides is 1. The van der Waals surface area contributed by atoms with Crippen LogP contribution in [0, 0.1) is 0 Å². The smallest absolute Gasteiger partial charge is 0.337 e. The second-order valence-corrected chi connectivity index (χ2v) is 3.86. The van der Waals surface area contributed by atoms with Crippen LogP contribution in [0.25, 0.3) is 0 Å². The maximum absolute atomic E-state index is 10.8. The van der Waals surface area contributed by atoms with Crippen molar-refractivity contribution < 1.29 is 14.7 Å². The van der Waals surface area contributed by atoms with Gasteiger partial charge in [0.25, 0.3) is 0 Å². The minimum absolute atomic E-state index is 0.124. The number of halogens is 2. The van der Waals surface area contributed by atoms with E-state index in [0.29, 0.717) is 0 Å². The Hall–Kier alpha value is -1.20. The van der Waals surface area contributed by atoms with Gasteiger partial charge in [-0.2, -0.15) is 0 Å². The molecule has 5 nitrogen and oxygen atoms in total. The molecule has 0 saturated carbocycles. The third-order valence-electron chi connectivity index (χ3n) is 1.54. The van der Waals surface area contributed by atoms with Crippen LogP contribution >= 0.6 is 23.2 Å². The Labute approximate surface area is 89.4 Å². The van der Waals surface area contributed by atoms with Gasteiger partial charge in [-0.1, -0.05) is 23.2 Å². The fourth-order valence-corrected chi connectivity index (χ4v) is 1.27. The number of carboxylic acid groups (broad SMARTS) is 1. The van der Waals surface area contributed by atoms with E-state index in [2.05, 4.69) is 0 Å². The Balaban J connectivity index is 3.07. The summed E-state index contributed by atoms with van der Waals surface area (Å²) in [6.45, 7) is 0. The number of nitrogens with two attached hydrogens (primary N) is 1. The zero-order valence-corrected chi connectivity index (χ0v) is 8.29. The minimum Gasteiger partial charge on any atom is -0.478 e. The molecule has 0 aliphatic carbocycles. The van der Waals surface area contributed by atoms with Gasteiger partial charge in [-0.25, -0.2) is 9.59 Å². The lowest BCUT2D eigenvalue weighted by Crippen LogP contribution is -2.44. The van der Waals surface area contributed by atoms with Gasteiger partial charge in [-0.05, 0) is 12.2 Å². The number of amides is 2. The van der Waals surface area contributed by atoms with Gasteiger partial charge in [-0.3, -0.25) is 4.90 Å². The number of carboxylic acids is 1. The van der Waals surface area contributed by atoms with E-state index in [1.54, 1.807) is 0 Å². The lowest BCUT2D eigenvalue weighted by Gasteiger charge is -2.30. The average molecular weight is 237 g/mol. The van der Waals surface area contributed by atoms with Gasteiger partial charge < -0.3 is 10.8 Å². The molecule has 0 radical (unpaired) electrons. The van der Waals surface area contributed by atoms with E-state index in [4.69, 9.17) is 34.0 Å². The number of alkyl halides is 2. The summed E-state index contributed by atoms with van der Waals surface area (Å²) >= 11 is 11.3. The second kappa shape index (κ2) is 3.51. The highest BCUT2D eigenvalue weighted by atomic mass is 35.5. The van der Waals surface area contributed by atoms with Crippen LogP contribution in [0.15, 0.2) is 23.9 Å². The monoisotopic (exact) mass is 236 g/mol. The van der Waals surface area contributed by atoms with Crippen molar-refractivity contribution in [3.63, 3.8) is 0 Å². The third-order valence-corrected chi connectivity index (χ3v) is 2.15. The Morgan fingerprint density at radius 1 is 1.50 bits per heavy atom. The van der Waals surface area contributed by atoms with Gasteiger partial charge in [0.2, 0.25) is 4.46 Å². The molecule has 1 aliphatic heterocycles. The standard InChI is InChI=1S/C7H6Cl2N2O3/c8-7(9)2-1-4(5(12)13)3-11(7)6(10)14/h1-3H,(H2,10,14)(H,12,13). The van der Waals surface area contributed by atoms with Crippen molar-refractivity contribution in [3.05, 3.63) is 23.9 Å². The van der Waals surface area contributed by atoms with Gasteiger partial charge in [0.1, 0.15) is 0 Å². The fourth-order valence-electron chi connectivity index (χ4n) is 0.876. The molecular weight excluding hydrogens is 231 g/mol. The van der Waals surface area contributed by atoms with E-state index in [0.717, 1.165) is 17.2 Å². The normalized spacial score (nSPS) is 19.0. The number of carbonyl (C=O) groups is 2. The molecule has 1 heterocycles. The van der Waals surface area contributed by atoms with Crippen LogP contribution in [-0.4, -0.2) is 26.5 Å². The van der Waals surface area contributed by atoms with E-state index in [-0.39, 0.29) is 5.57 Å². The van der Waals surface area contributed by atoms with Crippen LogP contribution in [-0.2, 0) is 4.79 Å². The van der Waals surface area contributed by atoms with Crippen molar-refractivity contribution in [1.29, 1.82) is 0 Å². The molecule has 0 saturated heterocycles. The Kier molecular flexibility index (Phi) is 2.73. The zero-order valence-electron chi connectivity index (χ0n) is 6.78. The molecule has 0 bridgehead atoms. The number of aliphatic carboxylic acids is 1.